The Balaban J connectivity index is 1.46. The van der Waals surface area contributed by atoms with Gasteiger partial charge in [-0.15, -0.1) is 0 Å². The molecule has 1 aromatic heterocycles. The van der Waals surface area contributed by atoms with Crippen molar-refractivity contribution < 1.29 is 8.78 Å². The van der Waals surface area contributed by atoms with Gasteiger partial charge in [-0.05, 0) is 18.2 Å². The number of piperazine rings is 1. The van der Waals surface area contributed by atoms with Crippen LogP contribution in [0.5, 0.6) is 0 Å². The Labute approximate surface area is 129 Å². The Morgan fingerprint density at radius 3 is 2.50 bits per heavy atom. The Kier molecular flexibility index (Phi) is 4.80. The molecule has 0 saturated carbocycles. The minimum absolute atomic E-state index is 0.330. The molecule has 118 valence electrons. The third-order valence-corrected chi connectivity index (χ3v) is 4.10. The molecule has 22 heavy (non-hydrogen) atoms. The van der Waals surface area contributed by atoms with Crippen LogP contribution in [0.25, 0.3) is 0 Å². The molecule has 3 rings (SSSR count). The summed E-state index contributed by atoms with van der Waals surface area (Å²) in [6.07, 6.45) is 5.57. The molecule has 0 atom stereocenters. The van der Waals surface area contributed by atoms with E-state index in [0.717, 1.165) is 45.3 Å². The number of nitrogens with zero attached hydrogens (tertiary/aromatic N) is 4. The number of hydrogen-bond donors (Lipinski definition) is 0. The average molecular weight is 306 g/mol. The van der Waals surface area contributed by atoms with Crippen molar-refractivity contribution in [2.75, 3.05) is 32.7 Å². The van der Waals surface area contributed by atoms with Gasteiger partial charge >= 0.3 is 0 Å². The van der Waals surface area contributed by atoms with Crippen LogP contribution in [0.15, 0.2) is 36.9 Å². The fraction of sp³-hybridized carbons (Fsp3) is 0.438. The second-order valence-corrected chi connectivity index (χ2v) is 5.65. The van der Waals surface area contributed by atoms with Gasteiger partial charge in [-0.3, -0.25) is 9.80 Å². The third kappa shape index (κ3) is 3.90. The zero-order chi connectivity index (χ0) is 15.4. The fourth-order valence-corrected chi connectivity index (χ4v) is 2.75. The Bertz CT molecular complexity index is 592. The summed E-state index contributed by atoms with van der Waals surface area (Å²) in [7, 11) is 0. The van der Waals surface area contributed by atoms with Gasteiger partial charge in [-0.25, -0.2) is 13.8 Å². The van der Waals surface area contributed by atoms with Gasteiger partial charge in [0.15, 0.2) is 0 Å². The molecule has 4 nitrogen and oxygen atoms in total. The molecule has 1 fully saturated rings. The molecule has 0 N–H and O–H groups in total. The van der Waals surface area contributed by atoms with Gasteiger partial charge < -0.3 is 4.57 Å². The van der Waals surface area contributed by atoms with Crippen LogP contribution in [0.1, 0.15) is 5.56 Å². The van der Waals surface area contributed by atoms with E-state index in [1.54, 1.807) is 6.20 Å². The van der Waals surface area contributed by atoms with Crippen LogP contribution in [0.2, 0.25) is 0 Å². The molecule has 6 heteroatoms. The minimum Gasteiger partial charge on any atom is -0.336 e. The van der Waals surface area contributed by atoms with E-state index in [1.807, 2.05) is 12.5 Å². The van der Waals surface area contributed by atoms with Crippen molar-refractivity contribution >= 4 is 0 Å². The van der Waals surface area contributed by atoms with Crippen molar-refractivity contribution in [2.24, 2.45) is 0 Å². The number of imidazole rings is 1. The molecule has 0 bridgehead atoms. The molecule has 1 saturated heterocycles. The van der Waals surface area contributed by atoms with Gasteiger partial charge in [0.2, 0.25) is 0 Å². The molecule has 2 aromatic rings. The summed E-state index contributed by atoms with van der Waals surface area (Å²) in [5.74, 6) is -0.709. The van der Waals surface area contributed by atoms with Crippen LogP contribution in [0.4, 0.5) is 8.78 Å². The lowest BCUT2D eigenvalue weighted by Crippen LogP contribution is -2.46. The Morgan fingerprint density at radius 1 is 1.00 bits per heavy atom. The van der Waals surface area contributed by atoms with Gasteiger partial charge in [-0.2, -0.15) is 0 Å². The van der Waals surface area contributed by atoms with Crippen LogP contribution in [-0.2, 0) is 13.1 Å². The number of rotatable bonds is 5. The average Bonchev–Trinajstić information content (AvgIpc) is 3.04. The van der Waals surface area contributed by atoms with Crippen molar-refractivity contribution in [3.8, 4) is 0 Å². The lowest BCUT2D eigenvalue weighted by molar-refractivity contribution is 0.123. The van der Waals surface area contributed by atoms with Crippen LogP contribution < -0.4 is 0 Å². The van der Waals surface area contributed by atoms with Gasteiger partial charge in [0.25, 0.3) is 0 Å². The highest BCUT2D eigenvalue weighted by Crippen LogP contribution is 2.14. The van der Waals surface area contributed by atoms with Crippen molar-refractivity contribution in [3.63, 3.8) is 0 Å². The van der Waals surface area contributed by atoms with E-state index in [2.05, 4.69) is 19.4 Å². The second kappa shape index (κ2) is 6.98. The monoisotopic (exact) mass is 306 g/mol. The topological polar surface area (TPSA) is 24.3 Å². The molecule has 1 aliphatic rings. The summed E-state index contributed by atoms with van der Waals surface area (Å²) in [5.41, 5.74) is 0.437. The van der Waals surface area contributed by atoms with Crippen LogP contribution in [0.3, 0.4) is 0 Å². The molecule has 1 aromatic carbocycles. The quantitative estimate of drug-likeness (QED) is 0.844. The zero-order valence-corrected chi connectivity index (χ0v) is 12.5. The lowest BCUT2D eigenvalue weighted by atomic mass is 10.1. The van der Waals surface area contributed by atoms with Crippen molar-refractivity contribution in [2.45, 2.75) is 13.1 Å². The first kappa shape index (κ1) is 15.1. The summed E-state index contributed by atoms with van der Waals surface area (Å²) >= 11 is 0. The molecule has 0 aliphatic carbocycles. The molecular weight excluding hydrogens is 286 g/mol. The van der Waals surface area contributed by atoms with Crippen molar-refractivity contribution in [3.05, 3.63) is 54.1 Å². The summed E-state index contributed by atoms with van der Waals surface area (Å²) in [5, 5.41) is 0. The molecule has 0 unspecified atom stereocenters. The number of aromatic nitrogens is 2. The van der Waals surface area contributed by atoms with Gasteiger partial charge in [-0.1, -0.05) is 0 Å². The van der Waals surface area contributed by atoms with Gasteiger partial charge in [0, 0.05) is 63.8 Å². The standard InChI is InChI=1S/C16H20F2N4/c17-15-1-2-16(18)14(11-15)12-21-8-5-20(6-9-21)7-10-22-4-3-19-13-22/h1-4,11,13H,5-10,12H2. The highest BCUT2D eigenvalue weighted by Gasteiger charge is 2.18. The molecule has 0 radical (unpaired) electrons. The van der Waals surface area contributed by atoms with E-state index >= 15 is 0 Å². The summed E-state index contributed by atoms with van der Waals surface area (Å²) in [6.45, 7) is 6.03. The van der Waals surface area contributed by atoms with E-state index < -0.39 is 0 Å². The zero-order valence-electron chi connectivity index (χ0n) is 12.5. The van der Waals surface area contributed by atoms with E-state index in [0.29, 0.717) is 12.1 Å². The number of halogens is 2. The highest BCUT2D eigenvalue weighted by molar-refractivity contribution is 5.18. The van der Waals surface area contributed by atoms with E-state index in [-0.39, 0.29) is 11.6 Å². The maximum atomic E-state index is 13.7. The molecular formula is C16H20F2N4. The largest absolute Gasteiger partial charge is 0.336 e. The van der Waals surface area contributed by atoms with Crippen LogP contribution >= 0.6 is 0 Å². The minimum atomic E-state index is -0.379. The van der Waals surface area contributed by atoms with Gasteiger partial charge in [0.05, 0.1) is 6.33 Å². The van der Waals surface area contributed by atoms with E-state index in [9.17, 15) is 8.78 Å². The number of benzene rings is 1. The third-order valence-electron chi connectivity index (χ3n) is 4.10. The summed E-state index contributed by atoms with van der Waals surface area (Å²) < 4.78 is 28.9. The second-order valence-electron chi connectivity index (χ2n) is 5.65. The molecule has 0 spiro atoms. The molecule has 0 amide bonds. The maximum absolute atomic E-state index is 13.7. The SMILES string of the molecule is Fc1ccc(F)c(CN2CCN(CCn3ccnc3)CC2)c1. The van der Waals surface area contributed by atoms with Crippen LogP contribution in [-0.4, -0.2) is 52.1 Å². The lowest BCUT2D eigenvalue weighted by Gasteiger charge is -2.34. The predicted octanol–water partition coefficient (Wildman–Crippen LogP) is 1.98. The molecule has 1 aliphatic heterocycles. The normalized spacial score (nSPS) is 17.0. The maximum Gasteiger partial charge on any atom is 0.127 e. The fourth-order valence-electron chi connectivity index (χ4n) is 2.75. The Hall–Kier alpha value is -1.79. The Morgan fingerprint density at radius 2 is 1.77 bits per heavy atom. The van der Waals surface area contributed by atoms with Crippen molar-refractivity contribution in [1.82, 2.24) is 19.4 Å². The van der Waals surface area contributed by atoms with E-state index in [1.165, 1.54) is 12.1 Å². The molecule has 2 heterocycles. The first-order valence-electron chi connectivity index (χ1n) is 7.55. The first-order valence-corrected chi connectivity index (χ1v) is 7.55. The predicted molar refractivity (Wildman–Crippen MR) is 80.3 cm³/mol. The van der Waals surface area contributed by atoms with E-state index in [4.69, 9.17) is 0 Å². The summed E-state index contributed by atoms with van der Waals surface area (Å²) in [6, 6.07) is 3.65. The smallest absolute Gasteiger partial charge is 0.127 e. The summed E-state index contributed by atoms with van der Waals surface area (Å²) in [4.78, 5) is 8.59. The van der Waals surface area contributed by atoms with Crippen molar-refractivity contribution in [1.29, 1.82) is 0 Å². The first-order chi connectivity index (χ1) is 10.7. The van der Waals surface area contributed by atoms with Gasteiger partial charge in [0.1, 0.15) is 11.6 Å². The number of hydrogen-bond acceptors (Lipinski definition) is 3. The van der Waals surface area contributed by atoms with Crippen LogP contribution in [0, 0.1) is 11.6 Å². The highest BCUT2D eigenvalue weighted by atomic mass is 19.1.